The zero-order valence-electron chi connectivity index (χ0n) is 17.3. The third-order valence-electron chi connectivity index (χ3n) is 5.97. The van der Waals surface area contributed by atoms with Crippen molar-refractivity contribution in [1.82, 2.24) is 9.97 Å². The molecule has 1 aliphatic carbocycles. The number of rotatable bonds is 6. The molecule has 4 aromatic rings. The summed E-state index contributed by atoms with van der Waals surface area (Å²) in [6.07, 6.45) is 5.81. The summed E-state index contributed by atoms with van der Waals surface area (Å²) in [7, 11) is 0. The number of carbonyl (C=O) groups excluding carboxylic acids is 1. The largest absolute Gasteiger partial charge is 0.493 e. The third-order valence-corrected chi connectivity index (χ3v) is 5.97. The number of benzene rings is 3. The molecule has 4 heteroatoms. The predicted molar refractivity (Wildman–Crippen MR) is 122 cm³/mol. The van der Waals surface area contributed by atoms with Gasteiger partial charge in [-0.1, -0.05) is 54.6 Å². The Balaban J connectivity index is 1.34. The molecule has 1 unspecified atom stereocenters. The van der Waals surface area contributed by atoms with Crippen LogP contribution in [0.1, 0.15) is 45.8 Å². The highest BCUT2D eigenvalue weighted by molar-refractivity contribution is 5.99. The van der Waals surface area contributed by atoms with Crippen molar-refractivity contribution in [3.8, 4) is 17.1 Å². The van der Waals surface area contributed by atoms with Crippen molar-refractivity contribution < 1.29 is 9.53 Å². The van der Waals surface area contributed by atoms with Gasteiger partial charge < -0.3 is 9.72 Å². The standard InChI is InChI=1S/C27H24N2O2/c30-26-13-12-22(19-6-2-1-3-7-19)25-18-21(10-11-24(25)26)31-17-14-20-8-4-5-9-23(20)27-28-15-16-29-27/h1-11,15-16,18,22H,12-14,17H2,(H,28,29). The number of nitrogens with zero attached hydrogens (tertiary/aromatic N) is 1. The molecule has 1 aliphatic rings. The fraction of sp³-hybridized carbons (Fsp3) is 0.185. The fourth-order valence-corrected chi connectivity index (χ4v) is 4.43. The van der Waals surface area contributed by atoms with E-state index >= 15 is 0 Å². The maximum atomic E-state index is 12.5. The van der Waals surface area contributed by atoms with Crippen LogP contribution in [-0.2, 0) is 6.42 Å². The number of H-pyrrole nitrogens is 1. The van der Waals surface area contributed by atoms with E-state index in [0.29, 0.717) is 13.0 Å². The van der Waals surface area contributed by atoms with Crippen LogP contribution in [0.4, 0.5) is 0 Å². The molecule has 5 rings (SSSR count). The van der Waals surface area contributed by atoms with Gasteiger partial charge in [-0.05, 0) is 41.3 Å². The highest BCUT2D eigenvalue weighted by atomic mass is 16.5. The van der Waals surface area contributed by atoms with Crippen molar-refractivity contribution in [1.29, 1.82) is 0 Å². The molecule has 0 fully saturated rings. The van der Waals surface area contributed by atoms with E-state index in [1.807, 2.05) is 36.5 Å². The van der Waals surface area contributed by atoms with Crippen LogP contribution in [0.3, 0.4) is 0 Å². The Hall–Kier alpha value is -3.66. The summed E-state index contributed by atoms with van der Waals surface area (Å²) >= 11 is 0. The first-order chi connectivity index (χ1) is 15.3. The van der Waals surface area contributed by atoms with Crippen molar-refractivity contribution in [2.24, 2.45) is 0 Å². The van der Waals surface area contributed by atoms with E-state index < -0.39 is 0 Å². The second-order valence-electron chi connectivity index (χ2n) is 7.87. The van der Waals surface area contributed by atoms with E-state index in [1.165, 1.54) is 11.1 Å². The first-order valence-electron chi connectivity index (χ1n) is 10.7. The molecule has 1 N–H and O–H groups in total. The average Bonchev–Trinajstić information content (AvgIpc) is 3.35. The number of aromatic amines is 1. The van der Waals surface area contributed by atoms with Gasteiger partial charge in [0.2, 0.25) is 0 Å². The van der Waals surface area contributed by atoms with Gasteiger partial charge in [0.05, 0.1) is 6.61 Å². The summed E-state index contributed by atoms with van der Waals surface area (Å²) in [4.78, 5) is 20.0. The monoisotopic (exact) mass is 408 g/mol. The van der Waals surface area contributed by atoms with Crippen molar-refractivity contribution in [3.63, 3.8) is 0 Å². The number of ketones is 1. The van der Waals surface area contributed by atoms with Crippen LogP contribution in [0.5, 0.6) is 5.75 Å². The molecule has 0 saturated carbocycles. The van der Waals surface area contributed by atoms with Gasteiger partial charge in [0, 0.05) is 42.3 Å². The van der Waals surface area contributed by atoms with Crippen LogP contribution in [0, 0.1) is 0 Å². The van der Waals surface area contributed by atoms with Gasteiger partial charge in [-0.25, -0.2) is 4.98 Å². The van der Waals surface area contributed by atoms with Gasteiger partial charge in [-0.2, -0.15) is 0 Å². The fourth-order valence-electron chi connectivity index (χ4n) is 4.43. The van der Waals surface area contributed by atoms with E-state index in [4.69, 9.17) is 4.74 Å². The van der Waals surface area contributed by atoms with E-state index in [0.717, 1.165) is 41.1 Å². The lowest BCUT2D eigenvalue weighted by Gasteiger charge is -2.25. The van der Waals surface area contributed by atoms with Gasteiger partial charge >= 0.3 is 0 Å². The number of ether oxygens (including phenoxy) is 1. The molecule has 4 nitrogen and oxygen atoms in total. The maximum absolute atomic E-state index is 12.5. The zero-order valence-corrected chi connectivity index (χ0v) is 17.3. The lowest BCUT2D eigenvalue weighted by molar-refractivity contribution is 0.0969. The lowest BCUT2D eigenvalue weighted by atomic mass is 9.78. The third kappa shape index (κ3) is 4.02. The number of nitrogens with one attached hydrogen (secondary N) is 1. The average molecular weight is 409 g/mol. The Labute approximate surface area is 181 Å². The Morgan fingerprint density at radius 2 is 1.81 bits per heavy atom. The smallest absolute Gasteiger partial charge is 0.163 e. The predicted octanol–water partition coefficient (Wildman–Crippen LogP) is 5.81. The summed E-state index contributed by atoms with van der Waals surface area (Å²) in [6, 6.07) is 24.6. The van der Waals surface area contributed by atoms with E-state index in [-0.39, 0.29) is 11.7 Å². The second kappa shape index (κ2) is 8.60. The number of aromatic nitrogens is 2. The quantitative estimate of drug-likeness (QED) is 0.438. The van der Waals surface area contributed by atoms with Crippen LogP contribution in [0.15, 0.2) is 85.2 Å². The summed E-state index contributed by atoms with van der Waals surface area (Å²) in [6.45, 7) is 0.556. The zero-order chi connectivity index (χ0) is 21.0. The SMILES string of the molecule is O=C1CCC(c2ccccc2)c2cc(OCCc3ccccc3-c3ncc[nH]3)ccc21. The molecule has 1 heterocycles. The van der Waals surface area contributed by atoms with Crippen LogP contribution >= 0.6 is 0 Å². The molecule has 0 amide bonds. The summed E-state index contributed by atoms with van der Waals surface area (Å²) in [5.74, 6) is 2.14. The van der Waals surface area contributed by atoms with Crippen molar-refractivity contribution >= 4 is 5.78 Å². The molecule has 1 atom stereocenters. The first kappa shape index (κ1) is 19.3. The number of hydrogen-bond donors (Lipinski definition) is 1. The minimum absolute atomic E-state index is 0.223. The van der Waals surface area contributed by atoms with Gasteiger partial charge in [-0.15, -0.1) is 0 Å². The normalized spacial score (nSPS) is 15.5. The van der Waals surface area contributed by atoms with Crippen LogP contribution in [-0.4, -0.2) is 22.4 Å². The molecule has 1 aromatic heterocycles. The Kier molecular flexibility index (Phi) is 5.36. The van der Waals surface area contributed by atoms with Gasteiger partial charge in [0.15, 0.2) is 5.78 Å². The number of hydrogen-bond acceptors (Lipinski definition) is 3. The lowest BCUT2D eigenvalue weighted by Crippen LogP contribution is -2.17. The summed E-state index contributed by atoms with van der Waals surface area (Å²) in [5.41, 5.74) is 5.44. The number of imidazole rings is 1. The molecule has 0 radical (unpaired) electrons. The van der Waals surface area contributed by atoms with E-state index in [1.54, 1.807) is 6.20 Å². The molecule has 3 aromatic carbocycles. The van der Waals surface area contributed by atoms with Crippen LogP contribution in [0.25, 0.3) is 11.4 Å². The number of carbonyl (C=O) groups is 1. The van der Waals surface area contributed by atoms with Gasteiger partial charge in [-0.3, -0.25) is 4.79 Å². The van der Waals surface area contributed by atoms with Gasteiger partial charge in [0.1, 0.15) is 11.6 Å². The molecule has 0 spiro atoms. The minimum Gasteiger partial charge on any atom is -0.493 e. The highest BCUT2D eigenvalue weighted by Crippen LogP contribution is 2.38. The molecule has 0 aliphatic heterocycles. The second-order valence-corrected chi connectivity index (χ2v) is 7.87. The molecule has 0 saturated heterocycles. The minimum atomic E-state index is 0.223. The van der Waals surface area contributed by atoms with Crippen LogP contribution < -0.4 is 4.74 Å². The first-order valence-corrected chi connectivity index (χ1v) is 10.7. The Morgan fingerprint density at radius 1 is 0.968 bits per heavy atom. The number of Topliss-reactive ketones (excluding diaryl/α,β-unsaturated/α-hetero) is 1. The maximum Gasteiger partial charge on any atom is 0.163 e. The van der Waals surface area contributed by atoms with Crippen molar-refractivity contribution in [2.75, 3.05) is 6.61 Å². The van der Waals surface area contributed by atoms with Gasteiger partial charge in [0.25, 0.3) is 0 Å². The Morgan fingerprint density at radius 3 is 2.65 bits per heavy atom. The highest BCUT2D eigenvalue weighted by Gasteiger charge is 2.27. The number of fused-ring (bicyclic) bond motifs is 1. The molecular formula is C27H24N2O2. The van der Waals surface area contributed by atoms with Crippen LogP contribution in [0.2, 0.25) is 0 Å². The summed E-state index contributed by atoms with van der Waals surface area (Å²) < 4.78 is 6.13. The van der Waals surface area contributed by atoms with E-state index in [2.05, 4.69) is 52.4 Å². The van der Waals surface area contributed by atoms with Crippen molar-refractivity contribution in [2.45, 2.75) is 25.2 Å². The molecule has 154 valence electrons. The van der Waals surface area contributed by atoms with Crippen molar-refractivity contribution in [3.05, 3.63) is 107 Å². The molecule has 0 bridgehead atoms. The molecular weight excluding hydrogens is 384 g/mol. The Bertz CT molecular complexity index is 1180. The topological polar surface area (TPSA) is 55.0 Å². The summed E-state index contributed by atoms with van der Waals surface area (Å²) in [5, 5.41) is 0. The van der Waals surface area contributed by atoms with E-state index in [9.17, 15) is 4.79 Å². The molecule has 31 heavy (non-hydrogen) atoms.